The van der Waals surface area contributed by atoms with Crippen LogP contribution in [0.25, 0.3) is 121 Å². The van der Waals surface area contributed by atoms with Gasteiger partial charge in [0.25, 0.3) is 0 Å². The summed E-state index contributed by atoms with van der Waals surface area (Å²) >= 11 is 0. The topological polar surface area (TPSA) is 64.7 Å². The van der Waals surface area contributed by atoms with Gasteiger partial charge in [0.1, 0.15) is 11.2 Å². The molecule has 0 saturated carbocycles. The average molecular weight is 753 g/mol. The highest BCUT2D eigenvalue weighted by atomic mass is 16.3. The van der Waals surface area contributed by atoms with Crippen LogP contribution in [0.4, 0.5) is 0 Å². The van der Waals surface area contributed by atoms with Crippen molar-refractivity contribution < 1.29 is 4.42 Å². The van der Waals surface area contributed by atoms with Crippen LogP contribution >= 0.6 is 0 Å². The highest BCUT2D eigenvalue weighted by Gasteiger charge is 2.21. The van der Waals surface area contributed by atoms with Crippen LogP contribution in [0.2, 0.25) is 0 Å². The van der Waals surface area contributed by atoms with E-state index in [1.807, 2.05) is 54.9 Å². The zero-order chi connectivity index (χ0) is 38.9. The fraction of sp³-hybridized carbons (Fsp3) is 0. The summed E-state index contributed by atoms with van der Waals surface area (Å²) in [6.07, 6.45) is 3.80. The van der Waals surface area contributed by atoms with E-state index in [4.69, 9.17) is 24.4 Å². The summed E-state index contributed by atoms with van der Waals surface area (Å²) in [4.78, 5) is 20.1. The van der Waals surface area contributed by atoms with Gasteiger partial charge in [-0.15, -0.1) is 0 Å². The molecule has 0 aliphatic rings. The number of furan rings is 1. The van der Waals surface area contributed by atoms with E-state index < -0.39 is 0 Å². The molecule has 0 aliphatic carbocycles. The second-order valence-corrected chi connectivity index (χ2v) is 15.0. The Morgan fingerprint density at radius 2 is 0.864 bits per heavy atom. The third-order valence-electron chi connectivity index (χ3n) is 11.6. The zero-order valence-electron chi connectivity index (χ0n) is 31.7. The maximum atomic E-state index is 6.77. The predicted molar refractivity (Wildman–Crippen MR) is 242 cm³/mol. The number of pyridine rings is 1. The van der Waals surface area contributed by atoms with Crippen LogP contribution in [0, 0.1) is 0 Å². The summed E-state index contributed by atoms with van der Waals surface area (Å²) in [5, 5.41) is 11.6. The molecule has 0 aliphatic heterocycles. The lowest BCUT2D eigenvalue weighted by molar-refractivity contribution is 0.669. The highest BCUT2D eigenvalue weighted by molar-refractivity contribution is 6.26. The van der Waals surface area contributed by atoms with E-state index in [2.05, 4.69) is 140 Å². The van der Waals surface area contributed by atoms with Crippen LogP contribution in [0.3, 0.4) is 0 Å². The molecular weight excluding hydrogens is 721 g/mol. The van der Waals surface area contributed by atoms with Crippen molar-refractivity contribution in [1.82, 2.24) is 19.9 Å². The normalized spacial score (nSPS) is 11.7. The molecule has 12 rings (SSSR count). The summed E-state index contributed by atoms with van der Waals surface area (Å²) in [6, 6.07) is 63.6. The number of rotatable bonds is 5. The molecule has 0 unspecified atom stereocenters. The van der Waals surface area contributed by atoms with E-state index in [1.165, 1.54) is 48.7 Å². The SMILES string of the molecule is c1ccc(-c2nc(-c3ccc(-c4cccc5ccccc45)cc3)nc(-c3cccc4oc5c(-c6ccc7c8ccccc8c8ccccc8c7c6)cncc5c34)n2)cc1. The Morgan fingerprint density at radius 3 is 1.61 bits per heavy atom. The van der Waals surface area contributed by atoms with Crippen molar-refractivity contribution in [1.29, 1.82) is 0 Å². The third-order valence-corrected chi connectivity index (χ3v) is 11.6. The smallest absolute Gasteiger partial charge is 0.164 e. The molecule has 5 nitrogen and oxygen atoms in total. The Hall–Kier alpha value is -8.02. The number of nitrogens with zero attached hydrogens (tertiary/aromatic N) is 4. The molecule has 0 atom stereocenters. The van der Waals surface area contributed by atoms with Crippen molar-refractivity contribution in [3.05, 3.63) is 194 Å². The van der Waals surface area contributed by atoms with Gasteiger partial charge in [-0.1, -0.05) is 170 Å². The molecule has 3 heterocycles. The molecule has 0 radical (unpaired) electrons. The monoisotopic (exact) mass is 752 g/mol. The molecule has 59 heavy (non-hydrogen) atoms. The van der Waals surface area contributed by atoms with Gasteiger partial charge in [0.2, 0.25) is 0 Å². The van der Waals surface area contributed by atoms with E-state index in [-0.39, 0.29) is 0 Å². The summed E-state index contributed by atoms with van der Waals surface area (Å²) < 4.78 is 6.77. The van der Waals surface area contributed by atoms with E-state index in [0.717, 1.165) is 55.3 Å². The van der Waals surface area contributed by atoms with Gasteiger partial charge in [-0.25, -0.2) is 15.0 Å². The van der Waals surface area contributed by atoms with Gasteiger partial charge in [-0.05, 0) is 71.9 Å². The largest absolute Gasteiger partial charge is 0.455 e. The Morgan fingerprint density at radius 1 is 0.322 bits per heavy atom. The van der Waals surface area contributed by atoms with Gasteiger partial charge >= 0.3 is 0 Å². The molecule has 0 N–H and O–H groups in total. The van der Waals surface area contributed by atoms with Crippen LogP contribution in [0.1, 0.15) is 0 Å². The maximum Gasteiger partial charge on any atom is 0.164 e. The standard InChI is InChI=1S/C54H32N4O/c1-2-13-35(14-3-1)52-56-53(36-26-24-34(25-27-36)39-21-10-15-33-12-4-5-16-38(33)39)58-54(57-52)45-22-11-23-49-50(45)48-32-55-31-47(51(48)59-49)37-28-29-44-42-19-7-6-17-40(42)41-18-8-9-20-43(41)46(44)30-37/h1-32H. The molecule has 5 heteroatoms. The van der Waals surface area contributed by atoms with Crippen LogP contribution in [0.5, 0.6) is 0 Å². The first-order valence-electron chi connectivity index (χ1n) is 19.8. The molecule has 0 spiro atoms. The van der Waals surface area contributed by atoms with Gasteiger partial charge in [-0.2, -0.15) is 0 Å². The first kappa shape index (κ1) is 33.2. The lowest BCUT2D eigenvalue weighted by Crippen LogP contribution is -2.00. The molecule has 12 aromatic rings. The molecule has 0 amide bonds. The van der Waals surface area contributed by atoms with Crippen LogP contribution in [-0.4, -0.2) is 19.9 Å². The summed E-state index contributed by atoms with van der Waals surface area (Å²) in [7, 11) is 0. The van der Waals surface area contributed by atoms with E-state index in [9.17, 15) is 0 Å². The third kappa shape index (κ3) is 5.40. The Kier molecular flexibility index (Phi) is 7.47. The lowest BCUT2D eigenvalue weighted by Gasteiger charge is -2.12. The molecule has 0 fully saturated rings. The molecule has 0 saturated heterocycles. The van der Waals surface area contributed by atoms with Crippen LogP contribution < -0.4 is 0 Å². The van der Waals surface area contributed by atoms with Crippen molar-refractivity contribution in [2.45, 2.75) is 0 Å². The molecular formula is C54H32N4O. The van der Waals surface area contributed by atoms with Crippen molar-refractivity contribution in [2.24, 2.45) is 0 Å². The summed E-state index contributed by atoms with van der Waals surface area (Å²) in [6.45, 7) is 0. The Balaban J connectivity index is 1.02. The number of hydrogen-bond donors (Lipinski definition) is 0. The minimum Gasteiger partial charge on any atom is -0.455 e. The van der Waals surface area contributed by atoms with Crippen LogP contribution in [-0.2, 0) is 0 Å². The minimum atomic E-state index is 0.565. The van der Waals surface area contributed by atoms with Crippen molar-refractivity contribution in [3.63, 3.8) is 0 Å². The fourth-order valence-corrected chi connectivity index (χ4v) is 8.83. The zero-order valence-corrected chi connectivity index (χ0v) is 31.7. The summed E-state index contributed by atoms with van der Waals surface area (Å²) in [5.41, 5.74) is 8.47. The second-order valence-electron chi connectivity index (χ2n) is 15.0. The quantitative estimate of drug-likeness (QED) is 0.164. The van der Waals surface area contributed by atoms with Crippen molar-refractivity contribution in [2.75, 3.05) is 0 Å². The van der Waals surface area contributed by atoms with Gasteiger partial charge < -0.3 is 4.42 Å². The van der Waals surface area contributed by atoms with Crippen molar-refractivity contribution >= 4 is 65.0 Å². The first-order valence-corrected chi connectivity index (χ1v) is 19.8. The number of aromatic nitrogens is 4. The molecule has 3 aromatic heterocycles. The number of benzene rings is 9. The Bertz CT molecular complexity index is 3570. The van der Waals surface area contributed by atoms with Gasteiger partial charge in [-0.3, -0.25) is 4.98 Å². The lowest BCUT2D eigenvalue weighted by atomic mass is 9.92. The Labute approximate surface area is 338 Å². The number of hydrogen-bond acceptors (Lipinski definition) is 5. The van der Waals surface area contributed by atoms with Gasteiger partial charge in [0.05, 0.1) is 0 Å². The van der Waals surface area contributed by atoms with Gasteiger partial charge in [0, 0.05) is 45.4 Å². The van der Waals surface area contributed by atoms with E-state index in [0.29, 0.717) is 17.5 Å². The van der Waals surface area contributed by atoms with Crippen molar-refractivity contribution in [3.8, 4) is 56.4 Å². The predicted octanol–water partition coefficient (Wildman–Crippen LogP) is 14.1. The fourth-order valence-electron chi connectivity index (χ4n) is 8.83. The van der Waals surface area contributed by atoms with E-state index in [1.54, 1.807) is 0 Å². The van der Waals surface area contributed by atoms with Crippen LogP contribution in [0.15, 0.2) is 199 Å². The van der Waals surface area contributed by atoms with Gasteiger partial charge in [0.15, 0.2) is 17.5 Å². The maximum absolute atomic E-state index is 6.77. The molecule has 0 bridgehead atoms. The number of fused-ring (bicyclic) bond motifs is 10. The minimum absolute atomic E-state index is 0.565. The van der Waals surface area contributed by atoms with E-state index >= 15 is 0 Å². The highest BCUT2D eigenvalue weighted by Crippen LogP contribution is 2.42. The molecule has 9 aromatic carbocycles. The second kappa shape index (κ2) is 13.3. The first-order chi connectivity index (χ1) is 29.2. The molecule has 274 valence electrons. The average Bonchev–Trinajstić information content (AvgIpc) is 3.71. The summed E-state index contributed by atoms with van der Waals surface area (Å²) in [5.74, 6) is 1.76.